The van der Waals surface area contributed by atoms with Gasteiger partial charge in [0.25, 0.3) is 0 Å². The molecule has 0 aromatic carbocycles. The fraction of sp³-hybridized carbons (Fsp3) is 0.500. The molecule has 5 nitrogen and oxygen atoms in total. The van der Waals surface area contributed by atoms with Crippen molar-refractivity contribution in [3.63, 3.8) is 0 Å². The van der Waals surface area contributed by atoms with E-state index in [1.165, 1.54) is 0 Å². The SMILES string of the molecule is C=CCNC(=O)C1CCN(c2ccc(C)nn2)CC1. The Kier molecular flexibility index (Phi) is 4.49. The molecule has 1 aliphatic rings. The summed E-state index contributed by atoms with van der Waals surface area (Å²) in [6.45, 7) is 7.77. The molecule has 0 atom stereocenters. The Morgan fingerprint density at radius 3 is 2.79 bits per heavy atom. The van der Waals surface area contributed by atoms with Gasteiger partial charge in [-0.05, 0) is 31.9 Å². The van der Waals surface area contributed by atoms with Crippen molar-refractivity contribution in [3.05, 3.63) is 30.5 Å². The van der Waals surface area contributed by atoms with Crippen molar-refractivity contribution in [2.75, 3.05) is 24.5 Å². The van der Waals surface area contributed by atoms with Crippen molar-refractivity contribution >= 4 is 11.7 Å². The molecular weight excluding hydrogens is 240 g/mol. The number of rotatable bonds is 4. The predicted octanol–water partition coefficient (Wildman–Crippen LogP) is 1.30. The lowest BCUT2D eigenvalue weighted by Gasteiger charge is -2.31. The lowest BCUT2D eigenvalue weighted by molar-refractivity contribution is -0.125. The molecule has 1 saturated heterocycles. The van der Waals surface area contributed by atoms with E-state index >= 15 is 0 Å². The van der Waals surface area contributed by atoms with Crippen LogP contribution in [0.4, 0.5) is 5.82 Å². The van der Waals surface area contributed by atoms with Crippen molar-refractivity contribution in [2.45, 2.75) is 19.8 Å². The molecule has 1 fully saturated rings. The molecule has 0 aliphatic carbocycles. The van der Waals surface area contributed by atoms with Gasteiger partial charge in [0.15, 0.2) is 5.82 Å². The Balaban J connectivity index is 1.86. The van der Waals surface area contributed by atoms with E-state index in [1.54, 1.807) is 6.08 Å². The van der Waals surface area contributed by atoms with Gasteiger partial charge in [0, 0.05) is 25.6 Å². The van der Waals surface area contributed by atoms with Gasteiger partial charge in [-0.25, -0.2) is 0 Å². The zero-order chi connectivity index (χ0) is 13.7. The van der Waals surface area contributed by atoms with Crippen LogP contribution in [-0.2, 0) is 4.79 Å². The summed E-state index contributed by atoms with van der Waals surface area (Å²) in [5.74, 6) is 1.14. The van der Waals surface area contributed by atoms with Crippen LogP contribution >= 0.6 is 0 Å². The molecule has 0 saturated carbocycles. The van der Waals surface area contributed by atoms with Crippen LogP contribution in [0.3, 0.4) is 0 Å². The first-order valence-electron chi connectivity index (χ1n) is 6.64. The van der Waals surface area contributed by atoms with Crippen LogP contribution in [0.5, 0.6) is 0 Å². The zero-order valence-electron chi connectivity index (χ0n) is 11.3. The molecule has 1 N–H and O–H groups in total. The average molecular weight is 260 g/mol. The van der Waals surface area contributed by atoms with E-state index in [9.17, 15) is 4.79 Å². The van der Waals surface area contributed by atoms with Crippen LogP contribution in [0.15, 0.2) is 24.8 Å². The van der Waals surface area contributed by atoms with Crippen molar-refractivity contribution in [2.24, 2.45) is 5.92 Å². The number of anilines is 1. The standard InChI is InChI=1S/C14H20N4O/c1-3-8-15-14(19)12-6-9-18(10-7-12)13-5-4-11(2)16-17-13/h3-5,12H,1,6-10H2,2H3,(H,15,19). The van der Waals surface area contributed by atoms with Gasteiger partial charge in [0.1, 0.15) is 0 Å². The predicted molar refractivity (Wildman–Crippen MR) is 74.9 cm³/mol. The van der Waals surface area contributed by atoms with Gasteiger partial charge in [0.05, 0.1) is 5.69 Å². The molecule has 0 spiro atoms. The lowest BCUT2D eigenvalue weighted by Crippen LogP contribution is -2.41. The maximum Gasteiger partial charge on any atom is 0.223 e. The Morgan fingerprint density at radius 2 is 2.21 bits per heavy atom. The van der Waals surface area contributed by atoms with Crippen LogP contribution in [0.1, 0.15) is 18.5 Å². The van der Waals surface area contributed by atoms with E-state index in [0.717, 1.165) is 37.4 Å². The number of aryl methyl sites for hydroxylation is 1. The second-order valence-corrected chi connectivity index (χ2v) is 4.83. The Labute approximate surface area is 113 Å². The quantitative estimate of drug-likeness (QED) is 0.829. The van der Waals surface area contributed by atoms with Crippen LogP contribution in [-0.4, -0.2) is 35.7 Å². The van der Waals surface area contributed by atoms with E-state index in [4.69, 9.17) is 0 Å². The average Bonchev–Trinajstić information content (AvgIpc) is 2.46. The first kappa shape index (κ1) is 13.5. The Hall–Kier alpha value is -1.91. The molecule has 1 aromatic heterocycles. The summed E-state index contributed by atoms with van der Waals surface area (Å²) in [7, 11) is 0. The van der Waals surface area contributed by atoms with Crippen LogP contribution < -0.4 is 10.2 Å². The monoisotopic (exact) mass is 260 g/mol. The van der Waals surface area contributed by atoms with Crippen molar-refractivity contribution < 1.29 is 4.79 Å². The van der Waals surface area contributed by atoms with Crippen LogP contribution in [0.25, 0.3) is 0 Å². The third kappa shape index (κ3) is 3.53. The molecule has 0 radical (unpaired) electrons. The minimum atomic E-state index is 0.106. The number of nitrogens with one attached hydrogen (secondary N) is 1. The topological polar surface area (TPSA) is 58.1 Å². The molecule has 1 aliphatic heterocycles. The Bertz CT molecular complexity index is 435. The number of nitrogens with zero attached hydrogens (tertiary/aromatic N) is 3. The van der Waals surface area contributed by atoms with Gasteiger partial charge in [-0.1, -0.05) is 6.08 Å². The summed E-state index contributed by atoms with van der Waals surface area (Å²) < 4.78 is 0. The number of aromatic nitrogens is 2. The second kappa shape index (κ2) is 6.31. The smallest absolute Gasteiger partial charge is 0.223 e. The maximum atomic E-state index is 11.8. The molecule has 2 rings (SSSR count). The number of piperidine rings is 1. The molecule has 2 heterocycles. The molecule has 1 amide bonds. The van der Waals surface area contributed by atoms with Gasteiger partial charge in [-0.15, -0.1) is 11.7 Å². The Morgan fingerprint density at radius 1 is 1.47 bits per heavy atom. The van der Waals surface area contributed by atoms with Crippen molar-refractivity contribution in [3.8, 4) is 0 Å². The largest absolute Gasteiger partial charge is 0.355 e. The van der Waals surface area contributed by atoms with E-state index < -0.39 is 0 Å². The first-order valence-corrected chi connectivity index (χ1v) is 6.64. The van der Waals surface area contributed by atoms with Gasteiger partial charge in [-0.3, -0.25) is 4.79 Å². The third-order valence-corrected chi connectivity index (χ3v) is 3.39. The van der Waals surface area contributed by atoms with Gasteiger partial charge in [-0.2, -0.15) is 5.10 Å². The highest BCUT2D eigenvalue weighted by atomic mass is 16.1. The highest BCUT2D eigenvalue weighted by molar-refractivity contribution is 5.79. The van der Waals surface area contributed by atoms with E-state index in [0.29, 0.717) is 6.54 Å². The van der Waals surface area contributed by atoms with Crippen LogP contribution in [0, 0.1) is 12.8 Å². The summed E-state index contributed by atoms with van der Waals surface area (Å²) in [6.07, 6.45) is 3.42. The molecular formula is C14H20N4O. The molecule has 0 unspecified atom stereocenters. The van der Waals surface area contributed by atoms with Crippen LogP contribution in [0.2, 0.25) is 0 Å². The lowest BCUT2D eigenvalue weighted by atomic mass is 9.96. The van der Waals surface area contributed by atoms with Crippen molar-refractivity contribution in [1.29, 1.82) is 0 Å². The highest BCUT2D eigenvalue weighted by Gasteiger charge is 2.25. The number of hydrogen-bond acceptors (Lipinski definition) is 4. The minimum absolute atomic E-state index is 0.106. The van der Waals surface area contributed by atoms with E-state index in [2.05, 4.69) is 27.0 Å². The third-order valence-electron chi connectivity index (χ3n) is 3.39. The fourth-order valence-electron chi connectivity index (χ4n) is 2.25. The summed E-state index contributed by atoms with van der Waals surface area (Å²) in [5.41, 5.74) is 0.919. The summed E-state index contributed by atoms with van der Waals surface area (Å²) in [5, 5.41) is 11.1. The normalized spacial score (nSPS) is 16.2. The molecule has 0 bridgehead atoms. The maximum absolute atomic E-state index is 11.8. The summed E-state index contributed by atoms with van der Waals surface area (Å²) in [6, 6.07) is 3.95. The van der Waals surface area contributed by atoms with E-state index in [1.807, 2.05) is 19.1 Å². The number of amides is 1. The number of carbonyl (C=O) groups is 1. The van der Waals surface area contributed by atoms with Gasteiger partial charge in [0.2, 0.25) is 5.91 Å². The summed E-state index contributed by atoms with van der Waals surface area (Å²) in [4.78, 5) is 14.0. The number of hydrogen-bond donors (Lipinski definition) is 1. The van der Waals surface area contributed by atoms with E-state index in [-0.39, 0.29) is 11.8 Å². The minimum Gasteiger partial charge on any atom is -0.355 e. The first-order chi connectivity index (χ1) is 9.20. The molecule has 5 heteroatoms. The summed E-state index contributed by atoms with van der Waals surface area (Å²) >= 11 is 0. The highest BCUT2D eigenvalue weighted by Crippen LogP contribution is 2.21. The zero-order valence-corrected chi connectivity index (χ0v) is 11.3. The molecule has 19 heavy (non-hydrogen) atoms. The van der Waals surface area contributed by atoms with Gasteiger partial charge < -0.3 is 10.2 Å². The second-order valence-electron chi connectivity index (χ2n) is 4.83. The molecule has 1 aromatic rings. The fourth-order valence-corrected chi connectivity index (χ4v) is 2.25. The van der Waals surface area contributed by atoms with Gasteiger partial charge >= 0.3 is 0 Å². The molecule has 102 valence electrons. The van der Waals surface area contributed by atoms with Crippen molar-refractivity contribution in [1.82, 2.24) is 15.5 Å². The number of carbonyl (C=O) groups excluding carboxylic acids is 1.